The second-order valence-corrected chi connectivity index (χ2v) is 5.86. The van der Waals surface area contributed by atoms with Crippen LogP contribution in [0, 0.1) is 0 Å². The van der Waals surface area contributed by atoms with E-state index in [4.69, 9.17) is 10.7 Å². The Morgan fingerprint density at radius 3 is 2.53 bits per heavy atom. The van der Waals surface area contributed by atoms with Crippen LogP contribution < -0.4 is 0 Å². The van der Waals surface area contributed by atoms with Gasteiger partial charge in [-0.3, -0.25) is 4.98 Å². The fraction of sp³-hybridized carbons (Fsp3) is 0.100. The minimum absolute atomic E-state index is 0.0764. The van der Waals surface area contributed by atoms with E-state index < -0.39 is 21.0 Å². The lowest BCUT2D eigenvalue weighted by Crippen LogP contribution is -1.97. The molecule has 0 bridgehead atoms. The van der Waals surface area contributed by atoms with E-state index in [0.717, 1.165) is 6.20 Å². The Kier molecular flexibility index (Phi) is 3.01. The normalized spacial score (nSPS) is 12.2. The van der Waals surface area contributed by atoms with Gasteiger partial charge in [0, 0.05) is 39.4 Å². The van der Waals surface area contributed by atoms with Gasteiger partial charge in [-0.25, -0.2) is 17.2 Å². The third-order valence-electron chi connectivity index (χ3n) is 2.27. The van der Waals surface area contributed by atoms with Gasteiger partial charge in [0.25, 0.3) is 15.5 Å². The first-order valence-electron chi connectivity index (χ1n) is 4.50. The van der Waals surface area contributed by atoms with E-state index in [1.807, 2.05) is 0 Å². The van der Waals surface area contributed by atoms with Crippen molar-refractivity contribution < 1.29 is 17.2 Å². The Morgan fingerprint density at radius 1 is 1.24 bits per heavy atom. The first-order valence-corrected chi connectivity index (χ1v) is 6.81. The molecule has 0 amide bonds. The molecule has 7 heteroatoms. The maximum absolute atomic E-state index is 12.8. The molecule has 1 aromatic heterocycles. The van der Waals surface area contributed by atoms with E-state index in [1.165, 1.54) is 24.4 Å². The highest BCUT2D eigenvalue weighted by molar-refractivity contribution is 8.14. The van der Waals surface area contributed by atoms with Crippen molar-refractivity contribution in [2.24, 2.45) is 0 Å². The second kappa shape index (κ2) is 4.19. The van der Waals surface area contributed by atoms with Gasteiger partial charge in [-0.05, 0) is 6.07 Å². The van der Waals surface area contributed by atoms with Crippen molar-refractivity contribution in [3.8, 4) is 0 Å². The van der Waals surface area contributed by atoms with Crippen LogP contribution in [0.3, 0.4) is 0 Å². The molecular formula is C10H6ClF2NO2S. The van der Waals surface area contributed by atoms with Gasteiger partial charge in [0.15, 0.2) is 0 Å². The van der Waals surface area contributed by atoms with Crippen molar-refractivity contribution in [3.63, 3.8) is 0 Å². The fourth-order valence-corrected chi connectivity index (χ4v) is 2.70. The van der Waals surface area contributed by atoms with Crippen LogP contribution in [0.4, 0.5) is 8.78 Å². The van der Waals surface area contributed by atoms with Gasteiger partial charge in [-0.15, -0.1) is 0 Å². The predicted octanol–water partition coefficient (Wildman–Crippen LogP) is 3.10. The van der Waals surface area contributed by atoms with E-state index in [1.54, 1.807) is 0 Å². The Labute approximate surface area is 100 Å². The molecule has 0 radical (unpaired) electrons. The maximum atomic E-state index is 12.8. The highest BCUT2D eigenvalue weighted by Crippen LogP contribution is 2.32. The molecule has 0 saturated heterocycles. The summed E-state index contributed by atoms with van der Waals surface area (Å²) in [4.78, 5) is 3.31. The van der Waals surface area contributed by atoms with Gasteiger partial charge in [0.1, 0.15) is 0 Å². The molecule has 0 aliphatic rings. The van der Waals surface area contributed by atoms with Gasteiger partial charge >= 0.3 is 0 Å². The summed E-state index contributed by atoms with van der Waals surface area (Å²) in [5.74, 6) is 0. The number of nitrogens with zero attached hydrogens (tertiary/aromatic N) is 1. The van der Waals surface area contributed by atoms with Gasteiger partial charge in [-0.2, -0.15) is 0 Å². The molecule has 1 heterocycles. The van der Waals surface area contributed by atoms with E-state index in [0.29, 0.717) is 5.39 Å². The summed E-state index contributed by atoms with van der Waals surface area (Å²) in [6, 6.07) is 4.12. The molecule has 90 valence electrons. The molecule has 0 unspecified atom stereocenters. The lowest BCUT2D eigenvalue weighted by Gasteiger charge is -2.08. The standard InChI is InChI=1S/C10H6ClF2NO2S/c11-17(15,16)8-3-1-2-6-4-14-5-7(9(6)8)10(12)13/h1-5,10H. The molecule has 0 fully saturated rings. The number of pyridine rings is 1. The molecule has 0 saturated carbocycles. The summed E-state index contributed by atoms with van der Waals surface area (Å²) in [7, 11) is 1.15. The largest absolute Gasteiger partial charge is 0.265 e. The summed E-state index contributed by atoms with van der Waals surface area (Å²) >= 11 is 0. The summed E-state index contributed by atoms with van der Waals surface area (Å²) in [6.45, 7) is 0. The molecule has 0 N–H and O–H groups in total. The Balaban J connectivity index is 2.96. The van der Waals surface area contributed by atoms with E-state index in [-0.39, 0.29) is 10.3 Å². The number of aromatic nitrogens is 1. The molecule has 2 rings (SSSR count). The van der Waals surface area contributed by atoms with Gasteiger partial charge < -0.3 is 0 Å². The van der Waals surface area contributed by atoms with Crippen LogP contribution in [0.15, 0.2) is 35.5 Å². The van der Waals surface area contributed by atoms with Crippen LogP contribution in [0.5, 0.6) is 0 Å². The minimum Gasteiger partial charge on any atom is -0.264 e. The van der Waals surface area contributed by atoms with Crippen LogP contribution in [0.1, 0.15) is 12.0 Å². The number of rotatable bonds is 2. The van der Waals surface area contributed by atoms with Crippen molar-refractivity contribution in [1.82, 2.24) is 4.98 Å². The van der Waals surface area contributed by atoms with Crippen LogP contribution >= 0.6 is 10.7 Å². The molecule has 2 aromatic rings. The lowest BCUT2D eigenvalue weighted by molar-refractivity contribution is 0.152. The summed E-state index contributed by atoms with van der Waals surface area (Å²) in [5, 5.41) is 0.233. The van der Waals surface area contributed by atoms with Gasteiger partial charge in [0.2, 0.25) is 0 Å². The molecular weight excluding hydrogens is 272 g/mol. The van der Waals surface area contributed by atoms with Gasteiger partial charge in [-0.1, -0.05) is 12.1 Å². The smallest absolute Gasteiger partial charge is 0.264 e. The third kappa shape index (κ3) is 2.23. The second-order valence-electron chi connectivity index (χ2n) is 3.32. The zero-order valence-corrected chi connectivity index (χ0v) is 9.84. The Hall–Kier alpha value is -1.27. The van der Waals surface area contributed by atoms with E-state index >= 15 is 0 Å². The molecule has 0 aliphatic heterocycles. The van der Waals surface area contributed by atoms with Crippen molar-refractivity contribution in [1.29, 1.82) is 0 Å². The maximum Gasteiger partial charge on any atom is 0.265 e. The highest BCUT2D eigenvalue weighted by atomic mass is 35.7. The molecule has 17 heavy (non-hydrogen) atoms. The zero-order chi connectivity index (χ0) is 12.6. The predicted molar refractivity (Wildman–Crippen MR) is 59.7 cm³/mol. The van der Waals surface area contributed by atoms with E-state index in [9.17, 15) is 17.2 Å². The monoisotopic (exact) mass is 277 g/mol. The molecule has 0 atom stereocenters. The molecule has 0 aliphatic carbocycles. The molecule has 0 spiro atoms. The first-order chi connectivity index (χ1) is 7.91. The zero-order valence-electron chi connectivity index (χ0n) is 8.27. The summed E-state index contributed by atoms with van der Waals surface area (Å²) in [5.41, 5.74) is -0.442. The van der Waals surface area contributed by atoms with Crippen molar-refractivity contribution in [2.75, 3.05) is 0 Å². The van der Waals surface area contributed by atoms with Gasteiger partial charge in [0.05, 0.1) is 4.90 Å². The average Bonchev–Trinajstić information content (AvgIpc) is 2.26. The van der Waals surface area contributed by atoms with Crippen molar-refractivity contribution >= 4 is 30.5 Å². The van der Waals surface area contributed by atoms with Crippen LogP contribution in [0.25, 0.3) is 10.8 Å². The Bertz CT molecular complexity index is 668. The fourth-order valence-electron chi connectivity index (χ4n) is 1.60. The number of hydrogen-bond donors (Lipinski definition) is 0. The number of alkyl halides is 2. The highest BCUT2D eigenvalue weighted by Gasteiger charge is 2.20. The lowest BCUT2D eigenvalue weighted by atomic mass is 10.1. The Morgan fingerprint density at radius 2 is 1.94 bits per heavy atom. The quantitative estimate of drug-likeness (QED) is 0.793. The topological polar surface area (TPSA) is 47.0 Å². The molecule has 1 aromatic carbocycles. The van der Waals surface area contributed by atoms with Crippen LogP contribution in [-0.4, -0.2) is 13.4 Å². The van der Waals surface area contributed by atoms with Crippen molar-refractivity contribution in [2.45, 2.75) is 11.3 Å². The number of hydrogen-bond acceptors (Lipinski definition) is 3. The van der Waals surface area contributed by atoms with E-state index in [2.05, 4.69) is 4.98 Å². The number of halogens is 3. The average molecular weight is 278 g/mol. The van der Waals surface area contributed by atoms with Crippen LogP contribution in [0.2, 0.25) is 0 Å². The SMILES string of the molecule is O=S(=O)(Cl)c1cccc2cncc(C(F)F)c12. The number of fused-ring (bicyclic) bond motifs is 1. The first kappa shape index (κ1) is 12.2. The summed E-state index contributed by atoms with van der Waals surface area (Å²) in [6.07, 6.45) is -0.559. The van der Waals surface area contributed by atoms with Crippen molar-refractivity contribution in [3.05, 3.63) is 36.2 Å². The van der Waals surface area contributed by atoms with Crippen LogP contribution in [-0.2, 0) is 9.05 Å². The third-order valence-corrected chi connectivity index (χ3v) is 3.64. The number of benzene rings is 1. The summed E-state index contributed by atoms with van der Waals surface area (Å²) < 4.78 is 48.2. The molecule has 3 nitrogen and oxygen atoms in total. The minimum atomic E-state index is -4.07.